The van der Waals surface area contributed by atoms with E-state index in [1.807, 2.05) is 38.1 Å². The quantitative estimate of drug-likeness (QED) is 0.820. The van der Waals surface area contributed by atoms with Crippen LogP contribution in [0, 0.1) is 0 Å². The average molecular weight is 231 g/mol. The molecule has 0 radical (unpaired) electrons. The van der Waals surface area contributed by atoms with Crippen LogP contribution in [0.5, 0.6) is 5.88 Å². The Bertz CT molecular complexity index is 555. The van der Waals surface area contributed by atoms with Gasteiger partial charge in [-0.3, -0.25) is 4.79 Å². The molecule has 0 aliphatic carbocycles. The number of rotatable bonds is 4. The lowest BCUT2D eigenvalue weighted by atomic mass is 10.1. The van der Waals surface area contributed by atoms with Gasteiger partial charge in [-0.2, -0.15) is 0 Å². The Morgan fingerprint density at radius 2 is 2.00 bits per heavy atom. The molecule has 0 saturated heterocycles. The second-order valence-corrected chi connectivity index (χ2v) is 4.13. The zero-order chi connectivity index (χ0) is 12.4. The highest BCUT2D eigenvalue weighted by atomic mass is 16.3. The summed E-state index contributed by atoms with van der Waals surface area (Å²) >= 11 is 0. The Balaban J connectivity index is 2.70. The molecule has 0 saturated carbocycles. The number of benzene rings is 1. The predicted molar refractivity (Wildman–Crippen MR) is 68.5 cm³/mol. The molecular weight excluding hydrogens is 214 g/mol. The standard InChI is InChI=1S/C14H17NO2/c1-3-7-12(16)13-10-8-5-6-9-11(10)15(4-2)14(13)17/h5-6,8-9,17H,3-4,7H2,1-2H3. The summed E-state index contributed by atoms with van der Waals surface area (Å²) < 4.78 is 1.78. The zero-order valence-corrected chi connectivity index (χ0v) is 10.2. The number of nitrogens with zero attached hydrogens (tertiary/aromatic N) is 1. The maximum Gasteiger partial charge on any atom is 0.203 e. The van der Waals surface area contributed by atoms with Crippen molar-refractivity contribution in [3.63, 3.8) is 0 Å². The molecule has 0 unspecified atom stereocenters. The molecule has 1 aromatic heterocycles. The Morgan fingerprint density at radius 1 is 1.29 bits per heavy atom. The number of aromatic hydroxyl groups is 1. The minimum absolute atomic E-state index is 0.0217. The van der Waals surface area contributed by atoms with Gasteiger partial charge in [0.25, 0.3) is 0 Å². The van der Waals surface area contributed by atoms with Gasteiger partial charge in [-0.25, -0.2) is 0 Å². The lowest BCUT2D eigenvalue weighted by molar-refractivity contribution is 0.0980. The first-order valence-corrected chi connectivity index (χ1v) is 6.04. The fourth-order valence-electron chi connectivity index (χ4n) is 2.24. The Kier molecular flexibility index (Phi) is 3.18. The van der Waals surface area contributed by atoms with E-state index < -0.39 is 0 Å². The molecule has 1 aromatic carbocycles. The number of Topliss-reactive ketones (excluding diaryl/α,β-unsaturated/α-hetero) is 1. The predicted octanol–water partition coefficient (Wildman–Crippen LogP) is 3.35. The number of aromatic nitrogens is 1. The number of fused-ring (bicyclic) bond motifs is 1. The van der Waals surface area contributed by atoms with E-state index >= 15 is 0 Å². The summed E-state index contributed by atoms with van der Waals surface area (Å²) in [6.45, 7) is 4.58. The van der Waals surface area contributed by atoms with Crippen LogP contribution >= 0.6 is 0 Å². The number of carbonyl (C=O) groups excluding carboxylic acids is 1. The third kappa shape index (κ3) is 1.82. The first-order chi connectivity index (χ1) is 8.20. The number of aryl methyl sites for hydroxylation is 1. The summed E-state index contributed by atoms with van der Waals surface area (Å²) in [5, 5.41) is 11.0. The molecule has 3 heteroatoms. The van der Waals surface area contributed by atoms with Gasteiger partial charge in [-0.1, -0.05) is 25.1 Å². The van der Waals surface area contributed by atoms with Gasteiger partial charge in [0, 0.05) is 18.4 Å². The van der Waals surface area contributed by atoms with Gasteiger partial charge < -0.3 is 9.67 Å². The highest BCUT2D eigenvalue weighted by Crippen LogP contribution is 2.32. The molecule has 2 rings (SSSR count). The highest BCUT2D eigenvalue weighted by Gasteiger charge is 2.20. The van der Waals surface area contributed by atoms with Gasteiger partial charge in [0.2, 0.25) is 5.88 Å². The number of carbonyl (C=O) groups is 1. The minimum Gasteiger partial charge on any atom is -0.494 e. The summed E-state index contributed by atoms with van der Waals surface area (Å²) in [7, 11) is 0. The molecule has 0 amide bonds. The van der Waals surface area contributed by atoms with E-state index in [4.69, 9.17) is 0 Å². The molecule has 0 aliphatic heterocycles. The van der Waals surface area contributed by atoms with Crippen LogP contribution in [-0.2, 0) is 6.54 Å². The van der Waals surface area contributed by atoms with E-state index in [2.05, 4.69) is 0 Å². The SMILES string of the molecule is CCCC(=O)c1c(O)n(CC)c2ccccc12. The van der Waals surface area contributed by atoms with Crippen LogP contribution in [0.1, 0.15) is 37.0 Å². The van der Waals surface area contributed by atoms with Crippen LogP contribution in [0.4, 0.5) is 0 Å². The molecule has 90 valence electrons. The molecule has 1 N–H and O–H groups in total. The van der Waals surface area contributed by atoms with Crippen molar-refractivity contribution in [1.82, 2.24) is 4.57 Å². The normalized spacial score (nSPS) is 10.9. The van der Waals surface area contributed by atoms with Crippen molar-refractivity contribution >= 4 is 16.7 Å². The molecule has 0 bridgehead atoms. The van der Waals surface area contributed by atoms with Crippen LogP contribution in [-0.4, -0.2) is 15.5 Å². The van der Waals surface area contributed by atoms with Gasteiger partial charge in [0.15, 0.2) is 5.78 Å². The number of hydrogen-bond donors (Lipinski definition) is 1. The smallest absolute Gasteiger partial charge is 0.203 e. The van der Waals surface area contributed by atoms with Crippen molar-refractivity contribution in [1.29, 1.82) is 0 Å². The van der Waals surface area contributed by atoms with E-state index in [0.29, 0.717) is 18.5 Å². The van der Waals surface area contributed by atoms with Crippen molar-refractivity contribution in [2.75, 3.05) is 0 Å². The van der Waals surface area contributed by atoms with E-state index in [9.17, 15) is 9.90 Å². The Labute approximate surface area is 101 Å². The first kappa shape index (κ1) is 11.7. The lowest BCUT2D eigenvalue weighted by Gasteiger charge is -2.02. The topological polar surface area (TPSA) is 42.2 Å². The largest absolute Gasteiger partial charge is 0.494 e. The Hall–Kier alpha value is -1.77. The van der Waals surface area contributed by atoms with Gasteiger partial charge in [-0.05, 0) is 19.4 Å². The second-order valence-electron chi connectivity index (χ2n) is 4.13. The van der Waals surface area contributed by atoms with Crippen molar-refractivity contribution in [2.45, 2.75) is 33.2 Å². The Morgan fingerprint density at radius 3 is 2.65 bits per heavy atom. The molecule has 0 fully saturated rings. The summed E-state index contributed by atoms with van der Waals surface area (Å²) in [5.74, 6) is 0.126. The van der Waals surface area contributed by atoms with E-state index in [0.717, 1.165) is 17.3 Å². The number of para-hydroxylation sites is 1. The highest BCUT2D eigenvalue weighted by molar-refractivity contribution is 6.10. The minimum atomic E-state index is 0.0217. The second kappa shape index (κ2) is 4.62. The van der Waals surface area contributed by atoms with E-state index in [1.54, 1.807) is 4.57 Å². The molecule has 0 aliphatic rings. The van der Waals surface area contributed by atoms with Crippen molar-refractivity contribution in [2.24, 2.45) is 0 Å². The van der Waals surface area contributed by atoms with E-state index in [1.165, 1.54) is 0 Å². The third-order valence-electron chi connectivity index (χ3n) is 3.02. The monoisotopic (exact) mass is 231 g/mol. The molecule has 3 nitrogen and oxygen atoms in total. The van der Waals surface area contributed by atoms with Crippen molar-refractivity contribution in [3.8, 4) is 5.88 Å². The van der Waals surface area contributed by atoms with Gasteiger partial charge >= 0.3 is 0 Å². The first-order valence-electron chi connectivity index (χ1n) is 6.04. The van der Waals surface area contributed by atoms with Crippen LogP contribution < -0.4 is 0 Å². The summed E-state index contributed by atoms with van der Waals surface area (Å²) in [4.78, 5) is 12.0. The maximum atomic E-state index is 12.0. The summed E-state index contributed by atoms with van der Waals surface area (Å²) in [5.41, 5.74) is 1.40. The molecule has 1 heterocycles. The van der Waals surface area contributed by atoms with Crippen LogP contribution in [0.2, 0.25) is 0 Å². The number of ketones is 1. The molecule has 17 heavy (non-hydrogen) atoms. The zero-order valence-electron chi connectivity index (χ0n) is 10.2. The molecule has 2 aromatic rings. The fourth-order valence-corrected chi connectivity index (χ4v) is 2.24. The van der Waals surface area contributed by atoms with E-state index in [-0.39, 0.29) is 11.7 Å². The van der Waals surface area contributed by atoms with Crippen LogP contribution in [0.15, 0.2) is 24.3 Å². The fraction of sp³-hybridized carbons (Fsp3) is 0.357. The van der Waals surface area contributed by atoms with Crippen LogP contribution in [0.25, 0.3) is 10.9 Å². The average Bonchev–Trinajstić information content (AvgIpc) is 2.61. The van der Waals surface area contributed by atoms with Crippen molar-refractivity contribution < 1.29 is 9.90 Å². The third-order valence-corrected chi connectivity index (χ3v) is 3.02. The van der Waals surface area contributed by atoms with Crippen molar-refractivity contribution in [3.05, 3.63) is 29.8 Å². The lowest BCUT2D eigenvalue weighted by Crippen LogP contribution is -1.98. The maximum absolute atomic E-state index is 12.0. The van der Waals surface area contributed by atoms with Gasteiger partial charge in [0.05, 0.1) is 11.1 Å². The summed E-state index contributed by atoms with van der Waals surface area (Å²) in [6.07, 6.45) is 1.27. The molecule has 0 atom stereocenters. The summed E-state index contributed by atoms with van der Waals surface area (Å²) in [6, 6.07) is 7.64. The van der Waals surface area contributed by atoms with Gasteiger partial charge in [0.1, 0.15) is 0 Å². The molecule has 0 spiro atoms. The number of hydrogen-bond acceptors (Lipinski definition) is 2. The van der Waals surface area contributed by atoms with Crippen LogP contribution in [0.3, 0.4) is 0 Å². The molecular formula is C14H17NO2. The van der Waals surface area contributed by atoms with Gasteiger partial charge in [-0.15, -0.1) is 0 Å².